The maximum Gasteiger partial charge on any atom is 0.293 e. The van der Waals surface area contributed by atoms with E-state index in [1.54, 1.807) is 23.7 Å². The second-order valence-electron chi connectivity index (χ2n) is 2.69. The predicted octanol–water partition coefficient (Wildman–Crippen LogP) is 2.73. The SMILES string of the molecule is O=C(Nc1nccs1)c1ccc(CCl)o1. The number of aromatic nitrogens is 1. The molecule has 4 nitrogen and oxygen atoms in total. The van der Waals surface area contributed by atoms with Crippen molar-refractivity contribution in [1.82, 2.24) is 4.98 Å². The molecule has 78 valence electrons. The molecule has 0 fully saturated rings. The molecule has 15 heavy (non-hydrogen) atoms. The van der Waals surface area contributed by atoms with Crippen LogP contribution in [0.15, 0.2) is 28.1 Å². The Morgan fingerprint density at radius 3 is 3.07 bits per heavy atom. The second-order valence-corrected chi connectivity index (χ2v) is 3.85. The fourth-order valence-corrected chi connectivity index (χ4v) is 1.68. The molecule has 0 aliphatic carbocycles. The number of hydrogen-bond donors (Lipinski definition) is 1. The van der Waals surface area contributed by atoms with E-state index in [2.05, 4.69) is 10.3 Å². The maximum atomic E-state index is 11.6. The summed E-state index contributed by atoms with van der Waals surface area (Å²) >= 11 is 6.90. The lowest BCUT2D eigenvalue weighted by Gasteiger charge is -1.96. The van der Waals surface area contributed by atoms with E-state index in [4.69, 9.17) is 16.0 Å². The molecule has 0 bridgehead atoms. The monoisotopic (exact) mass is 242 g/mol. The lowest BCUT2D eigenvalue weighted by atomic mass is 10.4. The molecule has 0 spiro atoms. The van der Waals surface area contributed by atoms with Crippen LogP contribution in [0.25, 0.3) is 0 Å². The van der Waals surface area contributed by atoms with Gasteiger partial charge in [0.25, 0.3) is 5.91 Å². The quantitative estimate of drug-likeness (QED) is 0.842. The van der Waals surface area contributed by atoms with Gasteiger partial charge in [-0.3, -0.25) is 10.1 Å². The minimum absolute atomic E-state index is 0.237. The summed E-state index contributed by atoms with van der Waals surface area (Å²) in [6.07, 6.45) is 1.62. The van der Waals surface area contributed by atoms with E-state index in [1.165, 1.54) is 11.3 Å². The highest BCUT2D eigenvalue weighted by atomic mass is 35.5. The largest absolute Gasteiger partial charge is 0.455 e. The molecule has 2 heterocycles. The number of thiazole rings is 1. The number of nitrogens with one attached hydrogen (secondary N) is 1. The number of nitrogens with zero attached hydrogens (tertiary/aromatic N) is 1. The van der Waals surface area contributed by atoms with Gasteiger partial charge in [0.2, 0.25) is 0 Å². The predicted molar refractivity (Wildman–Crippen MR) is 58.3 cm³/mol. The zero-order valence-electron chi connectivity index (χ0n) is 7.57. The number of anilines is 1. The molecular formula is C9H7ClN2O2S. The highest BCUT2D eigenvalue weighted by molar-refractivity contribution is 7.13. The third-order valence-corrected chi connectivity index (χ3v) is 2.62. The lowest BCUT2D eigenvalue weighted by molar-refractivity contribution is 0.0995. The number of carbonyl (C=O) groups excluding carboxylic acids is 1. The van der Waals surface area contributed by atoms with E-state index in [0.717, 1.165) is 0 Å². The number of carbonyl (C=O) groups is 1. The van der Waals surface area contributed by atoms with Gasteiger partial charge in [-0.15, -0.1) is 22.9 Å². The van der Waals surface area contributed by atoms with Gasteiger partial charge in [-0.25, -0.2) is 4.98 Å². The van der Waals surface area contributed by atoms with Crippen LogP contribution in [0.3, 0.4) is 0 Å². The summed E-state index contributed by atoms with van der Waals surface area (Å²) in [6.45, 7) is 0. The highest BCUT2D eigenvalue weighted by Gasteiger charge is 2.11. The van der Waals surface area contributed by atoms with Crippen LogP contribution in [0.4, 0.5) is 5.13 Å². The van der Waals surface area contributed by atoms with Crippen molar-refractivity contribution in [2.24, 2.45) is 0 Å². The molecule has 0 radical (unpaired) electrons. The van der Waals surface area contributed by atoms with Crippen LogP contribution in [0, 0.1) is 0 Å². The van der Waals surface area contributed by atoms with Crippen LogP contribution in [0.5, 0.6) is 0 Å². The summed E-state index contributed by atoms with van der Waals surface area (Å²) in [7, 11) is 0. The molecule has 0 unspecified atom stereocenters. The van der Waals surface area contributed by atoms with Gasteiger partial charge in [0, 0.05) is 11.6 Å². The lowest BCUT2D eigenvalue weighted by Crippen LogP contribution is -2.10. The molecule has 6 heteroatoms. The van der Waals surface area contributed by atoms with Crippen molar-refractivity contribution in [2.75, 3.05) is 5.32 Å². The molecule has 0 saturated carbocycles. The van der Waals surface area contributed by atoms with Crippen LogP contribution in [0.1, 0.15) is 16.3 Å². The van der Waals surface area contributed by atoms with E-state index in [1.807, 2.05) is 0 Å². The van der Waals surface area contributed by atoms with Gasteiger partial charge in [0.15, 0.2) is 10.9 Å². The molecule has 2 rings (SSSR count). The molecule has 1 N–H and O–H groups in total. The smallest absolute Gasteiger partial charge is 0.293 e. The van der Waals surface area contributed by atoms with Crippen molar-refractivity contribution in [2.45, 2.75) is 5.88 Å². The summed E-state index contributed by atoms with van der Waals surface area (Å²) in [4.78, 5) is 15.5. The Kier molecular flexibility index (Phi) is 3.03. The van der Waals surface area contributed by atoms with Crippen molar-refractivity contribution in [1.29, 1.82) is 0 Å². The standard InChI is InChI=1S/C9H7ClN2O2S/c10-5-6-1-2-7(14-6)8(13)12-9-11-3-4-15-9/h1-4H,5H2,(H,11,12,13). The number of furan rings is 1. The Labute approximate surface area is 94.9 Å². The van der Waals surface area contributed by atoms with Gasteiger partial charge in [0.1, 0.15) is 5.76 Å². The molecule has 0 aliphatic rings. The first kappa shape index (κ1) is 10.2. The Balaban J connectivity index is 2.08. The molecular weight excluding hydrogens is 236 g/mol. The zero-order valence-corrected chi connectivity index (χ0v) is 9.14. The molecule has 2 aromatic rings. The Bertz CT molecular complexity index is 452. The van der Waals surface area contributed by atoms with E-state index in [9.17, 15) is 4.79 Å². The van der Waals surface area contributed by atoms with Crippen LogP contribution in [-0.2, 0) is 5.88 Å². The van der Waals surface area contributed by atoms with Crippen molar-refractivity contribution in [3.8, 4) is 0 Å². The van der Waals surface area contributed by atoms with Crippen LogP contribution in [0.2, 0.25) is 0 Å². The van der Waals surface area contributed by atoms with Crippen molar-refractivity contribution < 1.29 is 9.21 Å². The average molecular weight is 243 g/mol. The molecule has 1 amide bonds. The highest BCUT2D eigenvalue weighted by Crippen LogP contribution is 2.14. The van der Waals surface area contributed by atoms with Crippen molar-refractivity contribution in [3.63, 3.8) is 0 Å². The second kappa shape index (κ2) is 4.46. The number of alkyl halides is 1. The van der Waals surface area contributed by atoms with Gasteiger partial charge >= 0.3 is 0 Å². The van der Waals surface area contributed by atoms with Gasteiger partial charge < -0.3 is 4.42 Å². The minimum atomic E-state index is -0.318. The first-order valence-corrected chi connectivity index (χ1v) is 5.56. The zero-order chi connectivity index (χ0) is 10.7. The topological polar surface area (TPSA) is 55.1 Å². The van der Waals surface area contributed by atoms with Crippen LogP contribution >= 0.6 is 22.9 Å². The van der Waals surface area contributed by atoms with Gasteiger partial charge in [0.05, 0.1) is 5.88 Å². The summed E-state index contributed by atoms with van der Waals surface area (Å²) in [5.74, 6) is 0.743. The fourth-order valence-electron chi connectivity index (χ4n) is 1.02. The molecule has 0 aromatic carbocycles. The van der Waals surface area contributed by atoms with Crippen LogP contribution in [-0.4, -0.2) is 10.9 Å². The van der Waals surface area contributed by atoms with Gasteiger partial charge in [-0.1, -0.05) is 0 Å². The third kappa shape index (κ3) is 2.37. The first-order chi connectivity index (χ1) is 7.29. The van der Waals surface area contributed by atoms with Crippen molar-refractivity contribution in [3.05, 3.63) is 35.2 Å². The Morgan fingerprint density at radius 1 is 1.60 bits per heavy atom. The first-order valence-electron chi connectivity index (χ1n) is 4.15. The minimum Gasteiger partial charge on any atom is -0.455 e. The number of hydrogen-bond acceptors (Lipinski definition) is 4. The number of halogens is 1. The van der Waals surface area contributed by atoms with E-state index in [0.29, 0.717) is 10.9 Å². The summed E-state index contributed by atoms with van der Waals surface area (Å²) in [5, 5.41) is 4.93. The Hall–Kier alpha value is -1.33. The summed E-state index contributed by atoms with van der Waals surface area (Å²) in [6, 6.07) is 3.25. The average Bonchev–Trinajstić information content (AvgIpc) is 2.86. The van der Waals surface area contributed by atoms with E-state index in [-0.39, 0.29) is 17.5 Å². The third-order valence-electron chi connectivity index (χ3n) is 1.67. The van der Waals surface area contributed by atoms with E-state index >= 15 is 0 Å². The Morgan fingerprint density at radius 2 is 2.47 bits per heavy atom. The molecule has 2 aromatic heterocycles. The molecule has 0 saturated heterocycles. The van der Waals surface area contributed by atoms with Gasteiger partial charge in [-0.05, 0) is 12.1 Å². The number of rotatable bonds is 3. The summed E-state index contributed by atoms with van der Waals surface area (Å²) in [5.41, 5.74) is 0. The van der Waals surface area contributed by atoms with Crippen molar-refractivity contribution >= 4 is 34.0 Å². The fraction of sp³-hybridized carbons (Fsp3) is 0.111. The van der Waals surface area contributed by atoms with Gasteiger partial charge in [-0.2, -0.15) is 0 Å². The number of amides is 1. The molecule has 0 aliphatic heterocycles. The van der Waals surface area contributed by atoms with Crippen LogP contribution < -0.4 is 5.32 Å². The van der Waals surface area contributed by atoms with E-state index < -0.39 is 0 Å². The molecule has 0 atom stereocenters. The maximum absolute atomic E-state index is 11.6. The normalized spacial score (nSPS) is 10.2. The summed E-state index contributed by atoms with van der Waals surface area (Å²) < 4.78 is 5.18.